The standard InChI is InChI=1S/C14H11ClN2O3/c15-10-5-2-1-4-9(10)8-11(13(16)18)17-14(19)12-6-3-7-20-12/h1-8H,(H2,16,18)(H,17,19)/b11-8-. The molecule has 0 radical (unpaired) electrons. The zero-order valence-electron chi connectivity index (χ0n) is 10.3. The summed E-state index contributed by atoms with van der Waals surface area (Å²) in [5.74, 6) is -1.26. The second-order valence-electron chi connectivity index (χ2n) is 3.88. The van der Waals surface area contributed by atoms with Gasteiger partial charge in [-0.3, -0.25) is 9.59 Å². The Bertz CT molecular complexity index is 663. The van der Waals surface area contributed by atoms with Crippen LogP contribution in [0, 0.1) is 0 Å². The van der Waals surface area contributed by atoms with Gasteiger partial charge in [-0.1, -0.05) is 29.8 Å². The van der Waals surface area contributed by atoms with E-state index in [0.29, 0.717) is 10.6 Å². The van der Waals surface area contributed by atoms with E-state index < -0.39 is 11.8 Å². The molecule has 0 aliphatic heterocycles. The van der Waals surface area contributed by atoms with Gasteiger partial charge in [-0.05, 0) is 29.8 Å². The van der Waals surface area contributed by atoms with Crippen LogP contribution in [0.2, 0.25) is 5.02 Å². The molecule has 2 rings (SSSR count). The van der Waals surface area contributed by atoms with Crippen LogP contribution in [0.25, 0.3) is 6.08 Å². The minimum Gasteiger partial charge on any atom is -0.459 e. The van der Waals surface area contributed by atoms with Crippen molar-refractivity contribution in [1.29, 1.82) is 0 Å². The quantitative estimate of drug-likeness (QED) is 0.846. The summed E-state index contributed by atoms with van der Waals surface area (Å²) in [6, 6.07) is 9.92. The first-order valence-electron chi connectivity index (χ1n) is 5.69. The largest absolute Gasteiger partial charge is 0.459 e. The van der Waals surface area contributed by atoms with Crippen LogP contribution in [0.15, 0.2) is 52.8 Å². The fourth-order valence-corrected chi connectivity index (χ4v) is 1.70. The monoisotopic (exact) mass is 290 g/mol. The molecule has 3 N–H and O–H groups in total. The van der Waals surface area contributed by atoms with Crippen molar-refractivity contribution >= 4 is 29.5 Å². The van der Waals surface area contributed by atoms with E-state index in [4.69, 9.17) is 21.8 Å². The van der Waals surface area contributed by atoms with Gasteiger partial charge in [0.1, 0.15) is 5.70 Å². The van der Waals surface area contributed by atoms with Gasteiger partial charge in [-0.25, -0.2) is 0 Å². The first-order valence-corrected chi connectivity index (χ1v) is 6.06. The Morgan fingerprint density at radius 1 is 1.20 bits per heavy atom. The number of nitrogens with one attached hydrogen (secondary N) is 1. The molecule has 0 saturated carbocycles. The van der Waals surface area contributed by atoms with Gasteiger partial charge in [0, 0.05) is 5.02 Å². The number of hydrogen-bond acceptors (Lipinski definition) is 3. The van der Waals surface area contributed by atoms with Gasteiger partial charge in [-0.15, -0.1) is 0 Å². The molecule has 2 aromatic rings. The van der Waals surface area contributed by atoms with E-state index in [0.717, 1.165) is 0 Å². The minimum atomic E-state index is -0.773. The van der Waals surface area contributed by atoms with Crippen molar-refractivity contribution in [2.24, 2.45) is 5.73 Å². The number of rotatable bonds is 4. The van der Waals surface area contributed by atoms with Crippen molar-refractivity contribution < 1.29 is 14.0 Å². The van der Waals surface area contributed by atoms with E-state index in [-0.39, 0.29) is 11.5 Å². The third-order valence-electron chi connectivity index (χ3n) is 2.46. The minimum absolute atomic E-state index is 0.0699. The predicted octanol–water partition coefficient (Wildman–Crippen LogP) is 2.19. The lowest BCUT2D eigenvalue weighted by molar-refractivity contribution is -0.114. The molecule has 2 amide bonds. The van der Waals surface area contributed by atoms with Gasteiger partial charge in [0.25, 0.3) is 11.8 Å². The zero-order chi connectivity index (χ0) is 14.5. The molecule has 5 nitrogen and oxygen atoms in total. The summed E-state index contributed by atoms with van der Waals surface area (Å²) >= 11 is 5.98. The lowest BCUT2D eigenvalue weighted by Crippen LogP contribution is -2.30. The Hall–Kier alpha value is -2.53. The maximum absolute atomic E-state index is 11.8. The highest BCUT2D eigenvalue weighted by Crippen LogP contribution is 2.17. The number of nitrogens with two attached hydrogens (primary N) is 1. The number of hydrogen-bond donors (Lipinski definition) is 2. The van der Waals surface area contributed by atoms with Crippen LogP contribution >= 0.6 is 11.6 Å². The molecule has 102 valence electrons. The van der Waals surface area contributed by atoms with Crippen LogP contribution in [0.1, 0.15) is 16.1 Å². The SMILES string of the molecule is NC(=O)/C(=C/c1ccccc1Cl)NC(=O)c1ccco1. The second-order valence-corrected chi connectivity index (χ2v) is 4.28. The molecule has 20 heavy (non-hydrogen) atoms. The molecule has 1 aromatic carbocycles. The molecule has 0 atom stereocenters. The van der Waals surface area contributed by atoms with Crippen LogP contribution in [-0.4, -0.2) is 11.8 Å². The first-order chi connectivity index (χ1) is 9.58. The summed E-state index contributed by atoms with van der Waals surface area (Å²) in [6.07, 6.45) is 2.77. The molecule has 6 heteroatoms. The van der Waals surface area contributed by atoms with Crippen LogP contribution in [0.4, 0.5) is 0 Å². The Morgan fingerprint density at radius 3 is 2.55 bits per heavy atom. The van der Waals surface area contributed by atoms with E-state index in [1.165, 1.54) is 18.4 Å². The molecule has 0 aliphatic carbocycles. The molecule has 0 fully saturated rings. The summed E-state index contributed by atoms with van der Waals surface area (Å²) in [5, 5.41) is 2.83. The van der Waals surface area contributed by atoms with Crippen molar-refractivity contribution in [3.05, 3.63) is 64.7 Å². The molecule has 0 aliphatic rings. The smallest absolute Gasteiger partial charge is 0.291 e. The summed E-state index contributed by atoms with van der Waals surface area (Å²) in [4.78, 5) is 23.2. The van der Waals surface area contributed by atoms with Crippen LogP contribution in [0.5, 0.6) is 0 Å². The summed E-state index contributed by atoms with van der Waals surface area (Å²) < 4.78 is 4.93. The molecule has 1 aromatic heterocycles. The normalized spacial score (nSPS) is 11.2. The topological polar surface area (TPSA) is 85.3 Å². The lowest BCUT2D eigenvalue weighted by Gasteiger charge is -2.06. The Labute approximate surface area is 120 Å². The molecular formula is C14H11ClN2O3. The van der Waals surface area contributed by atoms with Gasteiger partial charge in [-0.2, -0.15) is 0 Å². The van der Waals surface area contributed by atoms with Gasteiger partial charge in [0.05, 0.1) is 6.26 Å². The average molecular weight is 291 g/mol. The predicted molar refractivity (Wildman–Crippen MR) is 74.8 cm³/mol. The van der Waals surface area contributed by atoms with Gasteiger partial charge < -0.3 is 15.5 Å². The Kier molecular flexibility index (Phi) is 4.22. The first kappa shape index (κ1) is 13.9. The summed E-state index contributed by atoms with van der Waals surface area (Å²) in [5.41, 5.74) is 5.74. The number of furan rings is 1. The Balaban J connectivity index is 2.26. The highest BCUT2D eigenvalue weighted by molar-refractivity contribution is 6.32. The van der Waals surface area contributed by atoms with Crippen LogP contribution < -0.4 is 11.1 Å². The molecule has 0 unspecified atom stereocenters. The number of carbonyl (C=O) groups is 2. The van der Waals surface area contributed by atoms with E-state index in [2.05, 4.69) is 5.32 Å². The molecule has 0 bridgehead atoms. The van der Waals surface area contributed by atoms with Gasteiger partial charge in [0.2, 0.25) is 0 Å². The van der Waals surface area contributed by atoms with Crippen molar-refractivity contribution in [2.75, 3.05) is 0 Å². The highest BCUT2D eigenvalue weighted by atomic mass is 35.5. The fraction of sp³-hybridized carbons (Fsp3) is 0. The van der Waals surface area contributed by atoms with Gasteiger partial charge >= 0.3 is 0 Å². The number of halogens is 1. The van der Waals surface area contributed by atoms with Gasteiger partial charge in [0.15, 0.2) is 5.76 Å². The van der Waals surface area contributed by atoms with E-state index in [1.807, 2.05) is 0 Å². The highest BCUT2D eigenvalue weighted by Gasteiger charge is 2.14. The average Bonchev–Trinajstić information content (AvgIpc) is 2.94. The lowest BCUT2D eigenvalue weighted by atomic mass is 10.2. The molecule has 0 spiro atoms. The van der Waals surface area contributed by atoms with Crippen LogP contribution in [0.3, 0.4) is 0 Å². The molecule has 1 heterocycles. The molecule has 0 saturated heterocycles. The van der Waals surface area contributed by atoms with E-state index in [1.54, 1.807) is 30.3 Å². The fourth-order valence-electron chi connectivity index (χ4n) is 1.51. The third-order valence-corrected chi connectivity index (χ3v) is 2.81. The number of primary amides is 1. The second kappa shape index (κ2) is 6.08. The van der Waals surface area contributed by atoms with Crippen molar-refractivity contribution in [1.82, 2.24) is 5.32 Å². The molecular weight excluding hydrogens is 280 g/mol. The number of carbonyl (C=O) groups excluding carboxylic acids is 2. The van der Waals surface area contributed by atoms with Crippen molar-refractivity contribution in [3.63, 3.8) is 0 Å². The summed E-state index contributed by atoms with van der Waals surface area (Å²) in [7, 11) is 0. The van der Waals surface area contributed by atoms with Crippen LogP contribution in [-0.2, 0) is 4.79 Å². The maximum atomic E-state index is 11.8. The number of amides is 2. The Morgan fingerprint density at radius 2 is 1.95 bits per heavy atom. The van der Waals surface area contributed by atoms with E-state index >= 15 is 0 Å². The van der Waals surface area contributed by atoms with Crippen molar-refractivity contribution in [3.8, 4) is 0 Å². The zero-order valence-corrected chi connectivity index (χ0v) is 11.1. The van der Waals surface area contributed by atoms with Crippen molar-refractivity contribution in [2.45, 2.75) is 0 Å². The maximum Gasteiger partial charge on any atom is 0.291 e. The number of benzene rings is 1. The van der Waals surface area contributed by atoms with E-state index in [9.17, 15) is 9.59 Å². The third kappa shape index (κ3) is 3.27. The summed E-state index contributed by atoms with van der Waals surface area (Å²) in [6.45, 7) is 0.